The summed E-state index contributed by atoms with van der Waals surface area (Å²) in [5.74, 6) is -2.24. The number of hydrogen-bond donors (Lipinski definition) is 0. The molecule has 0 aliphatic rings. The van der Waals surface area contributed by atoms with Crippen LogP contribution in [0.5, 0.6) is 0 Å². The lowest BCUT2D eigenvalue weighted by Crippen LogP contribution is -2.44. The highest BCUT2D eigenvalue weighted by atomic mass is 16.7. The van der Waals surface area contributed by atoms with E-state index in [-0.39, 0.29) is 32.2 Å². The first-order valence-corrected chi connectivity index (χ1v) is 40.8. The molecule has 2 atom stereocenters. The third-order valence-electron chi connectivity index (χ3n) is 19.0. The first-order chi connectivity index (χ1) is 44.6. The van der Waals surface area contributed by atoms with Crippen LogP contribution in [0.15, 0.2) is 12.2 Å². The van der Waals surface area contributed by atoms with E-state index < -0.39 is 24.3 Å². The van der Waals surface area contributed by atoms with Gasteiger partial charge in [0.05, 0.1) is 40.3 Å². The van der Waals surface area contributed by atoms with Gasteiger partial charge in [-0.2, -0.15) is 0 Å². The molecule has 0 aromatic heterocycles. The maximum atomic E-state index is 13.0. The molecular weight excluding hydrogens is 1130 g/mol. The van der Waals surface area contributed by atoms with Crippen molar-refractivity contribution in [3.63, 3.8) is 0 Å². The predicted octanol–water partition coefficient (Wildman–Crippen LogP) is 24.6. The van der Waals surface area contributed by atoms with Crippen LogP contribution in [-0.4, -0.2) is 82.3 Å². The highest BCUT2D eigenvalue weighted by Crippen LogP contribution is 2.21. The number of carbonyl (C=O) groups is 3. The Labute approximate surface area is 567 Å². The number of quaternary nitrogens is 1. The Morgan fingerprint density at radius 1 is 0.319 bits per heavy atom. The summed E-state index contributed by atoms with van der Waals surface area (Å²) in [4.78, 5) is 37.6. The van der Waals surface area contributed by atoms with Gasteiger partial charge >= 0.3 is 11.9 Å². The number of nitrogens with zero attached hydrogens (tertiary/aromatic N) is 1. The summed E-state index contributed by atoms with van der Waals surface area (Å²) in [6.45, 7) is 4.84. The lowest BCUT2D eigenvalue weighted by Gasteiger charge is -2.26. The molecule has 91 heavy (non-hydrogen) atoms. The van der Waals surface area contributed by atoms with Crippen LogP contribution in [0, 0.1) is 0 Å². The van der Waals surface area contributed by atoms with Crippen molar-refractivity contribution in [2.24, 2.45) is 0 Å². The zero-order valence-electron chi connectivity index (χ0n) is 62.0. The van der Waals surface area contributed by atoms with Crippen LogP contribution in [0.1, 0.15) is 438 Å². The number of carbonyl (C=O) groups excluding carboxylic acids is 3. The molecule has 540 valence electrons. The van der Waals surface area contributed by atoms with E-state index in [0.29, 0.717) is 17.4 Å². The highest BCUT2D eigenvalue weighted by Gasteiger charge is 2.22. The van der Waals surface area contributed by atoms with Crippen LogP contribution in [0.25, 0.3) is 0 Å². The molecule has 0 aromatic carbocycles. The van der Waals surface area contributed by atoms with Gasteiger partial charge in [0.2, 0.25) is 0 Å². The fourth-order valence-corrected chi connectivity index (χ4v) is 12.8. The van der Waals surface area contributed by atoms with Gasteiger partial charge in [-0.05, 0) is 38.5 Å². The third-order valence-corrected chi connectivity index (χ3v) is 19.0. The number of carboxylic acids is 1. The van der Waals surface area contributed by atoms with Crippen molar-refractivity contribution >= 4 is 17.9 Å². The van der Waals surface area contributed by atoms with Crippen molar-refractivity contribution in [3.05, 3.63) is 12.2 Å². The highest BCUT2D eigenvalue weighted by molar-refractivity contribution is 5.70. The molecule has 0 saturated heterocycles. The van der Waals surface area contributed by atoms with Crippen molar-refractivity contribution in [2.45, 2.75) is 450 Å². The zero-order valence-corrected chi connectivity index (χ0v) is 62.0. The van der Waals surface area contributed by atoms with Crippen molar-refractivity contribution in [1.29, 1.82) is 0 Å². The van der Waals surface area contributed by atoms with E-state index in [9.17, 15) is 19.5 Å². The number of unbranched alkanes of at least 4 members (excludes halogenated alkanes) is 61. The van der Waals surface area contributed by atoms with Gasteiger partial charge in [-0.1, -0.05) is 398 Å². The first-order valence-electron chi connectivity index (χ1n) is 40.8. The molecule has 0 radical (unpaired) electrons. The zero-order chi connectivity index (χ0) is 66.1. The van der Waals surface area contributed by atoms with E-state index in [2.05, 4.69) is 26.0 Å². The van der Waals surface area contributed by atoms with Crippen LogP contribution in [0.2, 0.25) is 0 Å². The maximum Gasteiger partial charge on any atom is 0.306 e. The quantitative estimate of drug-likeness (QED) is 0.0195. The lowest BCUT2D eigenvalue weighted by molar-refractivity contribution is -0.870. The molecule has 0 saturated carbocycles. The molecule has 0 aliphatic heterocycles. The molecule has 0 fully saturated rings. The van der Waals surface area contributed by atoms with E-state index >= 15 is 0 Å². The van der Waals surface area contributed by atoms with Gasteiger partial charge in [-0.25, -0.2) is 0 Å². The molecule has 0 spiro atoms. The van der Waals surface area contributed by atoms with Crippen LogP contribution in [0.3, 0.4) is 0 Å². The van der Waals surface area contributed by atoms with Gasteiger partial charge < -0.3 is 33.3 Å². The summed E-state index contributed by atoms with van der Waals surface area (Å²) in [5, 5.41) is 11.9. The molecule has 0 N–H and O–H groups in total. The Morgan fingerprint density at radius 2 is 0.560 bits per heavy atom. The summed E-state index contributed by atoms with van der Waals surface area (Å²) in [7, 11) is 5.95. The SMILES string of the molecule is CCCCCCCCCC/C=C\CCCCCCCCCCCCCCCCCC(=O)OC(COC(=O)CCCCCCCCCCCCCCCCCCCCCCCCCCCCCCCCCCCCCCCCC)COC(OCC[N+](C)(C)C)C(=O)[O-]. The summed E-state index contributed by atoms with van der Waals surface area (Å²) in [5.41, 5.74) is 0. The van der Waals surface area contributed by atoms with Crippen molar-refractivity contribution in [2.75, 3.05) is 47.5 Å². The van der Waals surface area contributed by atoms with Gasteiger partial charge in [-0.3, -0.25) is 9.59 Å². The van der Waals surface area contributed by atoms with Gasteiger partial charge in [0, 0.05) is 12.8 Å². The minimum atomic E-state index is -1.62. The topological polar surface area (TPSA) is 111 Å². The van der Waals surface area contributed by atoms with Crippen LogP contribution in [0.4, 0.5) is 0 Å². The second kappa shape index (κ2) is 73.8. The number of likely N-dealkylation sites (N-methyl/N-ethyl adjacent to an activating group) is 1. The first kappa shape index (κ1) is 89.0. The number of esters is 2. The van der Waals surface area contributed by atoms with E-state index in [1.165, 1.54) is 372 Å². The van der Waals surface area contributed by atoms with Crippen molar-refractivity contribution in [1.82, 2.24) is 0 Å². The van der Waals surface area contributed by atoms with Crippen molar-refractivity contribution < 1.29 is 42.9 Å². The van der Waals surface area contributed by atoms with Gasteiger partial charge in [0.1, 0.15) is 13.2 Å². The minimum absolute atomic E-state index is 0.152. The number of rotatable bonds is 78. The molecule has 0 heterocycles. The average molecular weight is 1290 g/mol. The molecule has 2 unspecified atom stereocenters. The predicted molar refractivity (Wildman–Crippen MR) is 390 cm³/mol. The Balaban J connectivity index is 3.91. The van der Waals surface area contributed by atoms with Crippen molar-refractivity contribution in [3.8, 4) is 0 Å². The maximum absolute atomic E-state index is 13.0. The number of carboxylic acid groups (broad SMARTS) is 1. The minimum Gasteiger partial charge on any atom is -0.545 e. The Kier molecular flexibility index (Phi) is 72.2. The van der Waals surface area contributed by atoms with Crippen LogP contribution in [-0.2, 0) is 33.3 Å². The average Bonchev–Trinajstić information content (AvgIpc) is 3.46. The second-order valence-corrected chi connectivity index (χ2v) is 29.4. The molecular formula is C82H159NO8. The molecule has 0 aliphatic carbocycles. The van der Waals surface area contributed by atoms with Crippen LogP contribution < -0.4 is 5.11 Å². The Hall–Kier alpha value is -1.97. The molecule has 9 nitrogen and oxygen atoms in total. The normalized spacial score (nSPS) is 12.6. The monoisotopic (exact) mass is 1290 g/mol. The summed E-state index contributed by atoms with van der Waals surface area (Å²) in [6, 6.07) is 0. The Bertz CT molecular complexity index is 1500. The van der Waals surface area contributed by atoms with E-state index in [1.54, 1.807) is 0 Å². The fourth-order valence-electron chi connectivity index (χ4n) is 12.8. The largest absolute Gasteiger partial charge is 0.545 e. The van der Waals surface area contributed by atoms with E-state index in [1.807, 2.05) is 21.1 Å². The lowest BCUT2D eigenvalue weighted by atomic mass is 10.0. The van der Waals surface area contributed by atoms with Gasteiger partial charge in [0.15, 0.2) is 12.4 Å². The number of allylic oxidation sites excluding steroid dienone is 2. The number of ether oxygens (including phenoxy) is 4. The van der Waals surface area contributed by atoms with E-state index in [0.717, 1.165) is 38.5 Å². The standard InChI is InChI=1S/C82H159NO8/c1-6-8-10-12-14-16-18-20-22-24-26-28-30-32-34-35-36-37-38-39-40-41-42-43-44-45-47-48-50-52-54-56-58-60-62-64-66-68-70-72-79(84)89-76-78(77-90-82(81(86)87)88-75-74-83(3,4)5)91-80(85)73-71-69-67-65-63-61-59-57-55-53-51-49-46-33-31-29-27-25-23-21-19-17-15-13-11-9-7-2/h25,27,78,82H,6-24,26,28-77H2,1-5H3/b27-25-. The second-order valence-electron chi connectivity index (χ2n) is 29.4. The summed E-state index contributed by atoms with van der Waals surface area (Å²) >= 11 is 0. The Morgan fingerprint density at radius 3 is 0.813 bits per heavy atom. The molecule has 9 heteroatoms. The summed E-state index contributed by atoms with van der Waals surface area (Å²) in [6.07, 6.45) is 89.3. The summed E-state index contributed by atoms with van der Waals surface area (Å²) < 4.78 is 22.9. The molecule has 0 rings (SSSR count). The van der Waals surface area contributed by atoms with Crippen LogP contribution >= 0.6 is 0 Å². The van der Waals surface area contributed by atoms with Gasteiger partial charge in [0.25, 0.3) is 0 Å². The third kappa shape index (κ3) is 75.3. The van der Waals surface area contributed by atoms with Gasteiger partial charge in [-0.15, -0.1) is 0 Å². The smallest absolute Gasteiger partial charge is 0.306 e. The molecule has 0 aromatic rings. The fraction of sp³-hybridized carbons (Fsp3) is 0.939. The number of aliphatic carboxylic acids is 1. The molecule has 0 amide bonds. The number of hydrogen-bond acceptors (Lipinski definition) is 8. The molecule has 0 bridgehead atoms. The van der Waals surface area contributed by atoms with E-state index in [4.69, 9.17) is 18.9 Å².